The van der Waals surface area contributed by atoms with E-state index >= 15 is 0 Å². The van der Waals surface area contributed by atoms with E-state index < -0.39 is 18.2 Å². The van der Waals surface area contributed by atoms with Gasteiger partial charge >= 0.3 is 6.18 Å². The first-order valence-corrected chi connectivity index (χ1v) is 7.59. The number of nitrogens with one attached hydrogen (secondary N) is 2. The summed E-state index contributed by atoms with van der Waals surface area (Å²) in [6, 6.07) is 0. The molecular weight excluding hydrogens is 319 g/mol. The number of alkyl halides is 3. The Balaban J connectivity index is 3.09. The van der Waals surface area contributed by atoms with E-state index in [1.54, 1.807) is 26.0 Å². The largest absolute Gasteiger partial charge is 0.399 e. The molecular formula is C17H24F3N3O. The zero-order valence-electron chi connectivity index (χ0n) is 13.9. The summed E-state index contributed by atoms with van der Waals surface area (Å²) in [5, 5.41) is 20.2. The lowest BCUT2D eigenvalue weighted by molar-refractivity contribution is -0.134. The summed E-state index contributed by atoms with van der Waals surface area (Å²) in [6.45, 7) is 6.87. The average molecular weight is 343 g/mol. The van der Waals surface area contributed by atoms with E-state index in [4.69, 9.17) is 11.1 Å². The normalized spacial score (nSPS) is 17.6. The van der Waals surface area contributed by atoms with E-state index in [1.165, 1.54) is 0 Å². The quantitative estimate of drug-likeness (QED) is 0.532. The lowest BCUT2D eigenvalue weighted by Gasteiger charge is -2.24. The third-order valence-electron chi connectivity index (χ3n) is 3.57. The Bertz CT molecular complexity index is 593. The standard InChI is InChI=1S/C17H24F3N3O/c1-11(22)13(10-21)15-5-4-12(6-8-16(2,3)24)14(23-15)7-9-17(18,19)20/h4-5,10,21,23-24H,1,6-9,22H2,2-3H3/b15-13+,21-10?. The van der Waals surface area contributed by atoms with Crippen LogP contribution in [0.15, 0.2) is 47.0 Å². The molecule has 0 saturated heterocycles. The van der Waals surface area contributed by atoms with Crippen molar-refractivity contribution in [2.24, 2.45) is 5.73 Å². The maximum absolute atomic E-state index is 12.6. The fourth-order valence-electron chi connectivity index (χ4n) is 2.23. The molecule has 5 N–H and O–H groups in total. The van der Waals surface area contributed by atoms with E-state index in [0.29, 0.717) is 35.4 Å². The van der Waals surface area contributed by atoms with Crippen molar-refractivity contribution in [3.63, 3.8) is 0 Å². The molecule has 0 saturated carbocycles. The van der Waals surface area contributed by atoms with Gasteiger partial charge in [0, 0.05) is 35.3 Å². The van der Waals surface area contributed by atoms with Crippen LogP contribution in [0.5, 0.6) is 0 Å². The van der Waals surface area contributed by atoms with Crippen LogP contribution in [-0.2, 0) is 0 Å². The van der Waals surface area contributed by atoms with Crippen LogP contribution in [0, 0.1) is 5.41 Å². The van der Waals surface area contributed by atoms with E-state index in [1.807, 2.05) is 0 Å². The van der Waals surface area contributed by atoms with Gasteiger partial charge in [-0.2, -0.15) is 13.2 Å². The second-order valence-electron chi connectivity index (χ2n) is 6.39. The van der Waals surface area contributed by atoms with Crippen molar-refractivity contribution in [1.82, 2.24) is 5.32 Å². The maximum atomic E-state index is 12.6. The van der Waals surface area contributed by atoms with Crippen molar-refractivity contribution in [3.8, 4) is 0 Å². The number of aliphatic hydroxyl groups is 1. The highest BCUT2D eigenvalue weighted by Gasteiger charge is 2.28. The van der Waals surface area contributed by atoms with Crippen molar-refractivity contribution in [2.75, 3.05) is 0 Å². The molecule has 1 rings (SSSR count). The molecule has 0 radical (unpaired) electrons. The first-order valence-electron chi connectivity index (χ1n) is 7.59. The van der Waals surface area contributed by atoms with Crippen LogP contribution in [-0.4, -0.2) is 23.1 Å². The Labute approximate surface area is 140 Å². The van der Waals surface area contributed by atoms with Gasteiger partial charge in [0.2, 0.25) is 0 Å². The fraction of sp³-hybridized carbons (Fsp3) is 0.471. The topological polar surface area (TPSA) is 82.1 Å². The van der Waals surface area contributed by atoms with E-state index in [-0.39, 0.29) is 12.1 Å². The highest BCUT2D eigenvalue weighted by molar-refractivity contribution is 5.83. The Morgan fingerprint density at radius 3 is 2.38 bits per heavy atom. The monoisotopic (exact) mass is 343 g/mol. The molecule has 0 amide bonds. The number of nitrogens with two attached hydrogens (primary N) is 1. The highest BCUT2D eigenvalue weighted by Crippen LogP contribution is 2.29. The summed E-state index contributed by atoms with van der Waals surface area (Å²) in [7, 11) is 0. The lowest BCUT2D eigenvalue weighted by Crippen LogP contribution is -2.24. The zero-order valence-corrected chi connectivity index (χ0v) is 13.9. The number of halogens is 3. The minimum atomic E-state index is -4.26. The van der Waals surface area contributed by atoms with Gasteiger partial charge in [-0.3, -0.25) is 0 Å². The average Bonchev–Trinajstić information content (AvgIpc) is 2.42. The zero-order chi connectivity index (χ0) is 18.5. The summed E-state index contributed by atoms with van der Waals surface area (Å²) >= 11 is 0. The fourth-order valence-corrected chi connectivity index (χ4v) is 2.23. The Morgan fingerprint density at radius 2 is 1.92 bits per heavy atom. The Hall–Kier alpha value is -2.02. The summed E-state index contributed by atoms with van der Waals surface area (Å²) in [5.41, 5.74) is 6.77. The minimum absolute atomic E-state index is 0.160. The molecule has 0 aromatic heterocycles. The number of allylic oxidation sites excluding steroid dienone is 5. The molecule has 1 aliphatic rings. The van der Waals surface area contributed by atoms with E-state index in [9.17, 15) is 18.3 Å². The number of hydrogen-bond acceptors (Lipinski definition) is 4. The molecule has 4 nitrogen and oxygen atoms in total. The smallest absolute Gasteiger partial charge is 0.389 e. The van der Waals surface area contributed by atoms with Crippen LogP contribution in [0.1, 0.15) is 39.5 Å². The highest BCUT2D eigenvalue weighted by atomic mass is 19.4. The summed E-state index contributed by atoms with van der Waals surface area (Å²) < 4.78 is 37.7. The third kappa shape index (κ3) is 6.62. The summed E-state index contributed by atoms with van der Waals surface area (Å²) in [6.07, 6.45) is -0.181. The van der Waals surface area contributed by atoms with Gasteiger partial charge in [-0.1, -0.05) is 12.7 Å². The second-order valence-corrected chi connectivity index (χ2v) is 6.39. The van der Waals surface area contributed by atoms with Crippen LogP contribution in [0.4, 0.5) is 13.2 Å². The van der Waals surface area contributed by atoms with Crippen molar-refractivity contribution in [3.05, 3.63) is 47.0 Å². The van der Waals surface area contributed by atoms with Crippen molar-refractivity contribution in [2.45, 2.75) is 51.3 Å². The first-order chi connectivity index (χ1) is 10.9. The first kappa shape index (κ1) is 20.0. The van der Waals surface area contributed by atoms with Gasteiger partial charge in [-0.15, -0.1) is 0 Å². The van der Waals surface area contributed by atoms with E-state index in [2.05, 4.69) is 11.9 Å². The minimum Gasteiger partial charge on any atom is -0.399 e. The molecule has 0 atom stereocenters. The van der Waals surface area contributed by atoms with Gasteiger partial charge in [0.1, 0.15) is 0 Å². The van der Waals surface area contributed by atoms with Crippen molar-refractivity contribution >= 4 is 6.21 Å². The van der Waals surface area contributed by atoms with Crippen molar-refractivity contribution in [1.29, 1.82) is 5.41 Å². The van der Waals surface area contributed by atoms with Crippen LogP contribution < -0.4 is 11.1 Å². The molecule has 0 unspecified atom stereocenters. The predicted molar refractivity (Wildman–Crippen MR) is 89.3 cm³/mol. The van der Waals surface area contributed by atoms with Crippen LogP contribution >= 0.6 is 0 Å². The number of rotatable bonds is 7. The van der Waals surface area contributed by atoms with E-state index in [0.717, 1.165) is 6.21 Å². The summed E-state index contributed by atoms with van der Waals surface area (Å²) in [4.78, 5) is 0. The molecule has 134 valence electrons. The molecule has 0 aromatic rings. The molecule has 24 heavy (non-hydrogen) atoms. The Kier molecular flexibility index (Phi) is 6.42. The molecule has 7 heteroatoms. The van der Waals surface area contributed by atoms with Crippen LogP contribution in [0.2, 0.25) is 0 Å². The Morgan fingerprint density at radius 1 is 1.29 bits per heavy atom. The van der Waals surface area contributed by atoms with Gasteiger partial charge in [-0.25, -0.2) is 0 Å². The number of dihydropyridines is 1. The molecule has 0 aromatic carbocycles. The molecule has 1 aliphatic heterocycles. The van der Waals surface area contributed by atoms with Crippen LogP contribution in [0.25, 0.3) is 0 Å². The van der Waals surface area contributed by atoms with Gasteiger partial charge in [0.15, 0.2) is 0 Å². The lowest BCUT2D eigenvalue weighted by atomic mass is 9.94. The van der Waals surface area contributed by atoms with Crippen LogP contribution in [0.3, 0.4) is 0 Å². The van der Waals surface area contributed by atoms with Gasteiger partial charge in [0.25, 0.3) is 0 Å². The summed E-state index contributed by atoms with van der Waals surface area (Å²) in [5.74, 6) is 0. The third-order valence-corrected chi connectivity index (χ3v) is 3.57. The van der Waals surface area contributed by atoms with Gasteiger partial charge in [-0.05, 0) is 44.8 Å². The van der Waals surface area contributed by atoms with Gasteiger partial charge < -0.3 is 21.6 Å². The SMILES string of the molecule is C=C(N)/C(C=N)=C1\C=CC(CCC(C)(C)O)=C(CCC(F)(F)F)N1. The molecule has 0 spiro atoms. The molecule has 0 bridgehead atoms. The maximum Gasteiger partial charge on any atom is 0.389 e. The molecule has 1 heterocycles. The predicted octanol–water partition coefficient (Wildman–Crippen LogP) is 3.67. The van der Waals surface area contributed by atoms with Crippen molar-refractivity contribution < 1.29 is 18.3 Å². The second kappa shape index (κ2) is 7.70. The molecule has 0 fully saturated rings. The number of hydrogen-bond donors (Lipinski definition) is 4. The molecule has 0 aliphatic carbocycles. The van der Waals surface area contributed by atoms with Gasteiger partial charge in [0.05, 0.1) is 5.60 Å².